The van der Waals surface area contributed by atoms with Crippen molar-refractivity contribution < 1.29 is 9.21 Å². The molecule has 0 saturated heterocycles. The second kappa shape index (κ2) is 5.42. The average molecular weight is 304 g/mol. The Hall–Kier alpha value is -3.41. The summed E-state index contributed by atoms with van der Waals surface area (Å²) in [6, 6.07) is 16.4. The Balaban J connectivity index is 1.70. The lowest BCUT2D eigenvalue weighted by molar-refractivity contribution is 0.102. The maximum Gasteiger partial charge on any atom is 0.258 e. The van der Waals surface area contributed by atoms with Gasteiger partial charge in [0, 0.05) is 11.1 Å². The summed E-state index contributed by atoms with van der Waals surface area (Å²) in [6.07, 6.45) is 3.24. The number of hydrogen-bond donors (Lipinski definition) is 1. The Morgan fingerprint density at radius 3 is 2.70 bits per heavy atom. The number of anilines is 1. The average Bonchev–Trinajstić information content (AvgIpc) is 3.24. The molecular formula is C17H12N4O2. The van der Waals surface area contributed by atoms with Gasteiger partial charge in [-0.25, -0.2) is 4.52 Å². The number of benzene rings is 1. The van der Waals surface area contributed by atoms with E-state index in [1.54, 1.807) is 29.2 Å². The van der Waals surface area contributed by atoms with Crippen LogP contribution in [0.2, 0.25) is 0 Å². The van der Waals surface area contributed by atoms with Crippen molar-refractivity contribution in [3.63, 3.8) is 0 Å². The largest absolute Gasteiger partial charge is 0.472 e. The molecule has 0 fully saturated rings. The van der Waals surface area contributed by atoms with Gasteiger partial charge in [-0.05, 0) is 30.3 Å². The molecule has 0 saturated carbocycles. The standard InChI is InChI=1S/C17H12N4O2/c22-16(12-5-2-1-3-6-12)19-17-18-15-8-4-7-14(21(15)20-17)13-9-10-23-11-13/h1-11H,(H,19,20,22). The van der Waals surface area contributed by atoms with Gasteiger partial charge in [-0.2, -0.15) is 4.98 Å². The maximum absolute atomic E-state index is 12.2. The fraction of sp³-hybridized carbons (Fsp3) is 0. The summed E-state index contributed by atoms with van der Waals surface area (Å²) >= 11 is 0. The summed E-state index contributed by atoms with van der Waals surface area (Å²) < 4.78 is 6.79. The van der Waals surface area contributed by atoms with E-state index in [2.05, 4.69) is 15.4 Å². The van der Waals surface area contributed by atoms with Gasteiger partial charge in [0.1, 0.15) is 0 Å². The molecule has 6 nitrogen and oxygen atoms in total. The summed E-state index contributed by atoms with van der Waals surface area (Å²) in [5.74, 6) is 0.0150. The predicted octanol–water partition coefficient (Wildman–Crippen LogP) is 3.24. The number of hydrogen-bond acceptors (Lipinski definition) is 4. The lowest BCUT2D eigenvalue weighted by Gasteiger charge is -2.00. The van der Waals surface area contributed by atoms with E-state index in [0.29, 0.717) is 11.2 Å². The summed E-state index contributed by atoms with van der Waals surface area (Å²) in [7, 11) is 0. The third-order valence-electron chi connectivity index (χ3n) is 3.44. The van der Waals surface area contributed by atoms with E-state index in [9.17, 15) is 4.79 Å². The van der Waals surface area contributed by atoms with Gasteiger partial charge >= 0.3 is 0 Å². The molecule has 112 valence electrons. The van der Waals surface area contributed by atoms with E-state index in [1.807, 2.05) is 42.5 Å². The van der Waals surface area contributed by atoms with E-state index in [1.165, 1.54) is 0 Å². The first-order valence-corrected chi connectivity index (χ1v) is 7.06. The van der Waals surface area contributed by atoms with Crippen molar-refractivity contribution in [2.45, 2.75) is 0 Å². The van der Waals surface area contributed by atoms with Crippen LogP contribution < -0.4 is 5.32 Å². The topological polar surface area (TPSA) is 72.4 Å². The van der Waals surface area contributed by atoms with E-state index in [0.717, 1.165) is 11.3 Å². The van der Waals surface area contributed by atoms with Crippen molar-refractivity contribution in [1.82, 2.24) is 14.6 Å². The first-order chi connectivity index (χ1) is 11.3. The van der Waals surface area contributed by atoms with Crippen LogP contribution >= 0.6 is 0 Å². The number of nitrogens with one attached hydrogen (secondary N) is 1. The molecule has 4 rings (SSSR count). The quantitative estimate of drug-likeness (QED) is 0.630. The van der Waals surface area contributed by atoms with Gasteiger partial charge in [-0.1, -0.05) is 24.3 Å². The number of aromatic nitrogens is 3. The molecule has 0 bridgehead atoms. The monoisotopic (exact) mass is 304 g/mol. The minimum Gasteiger partial charge on any atom is -0.472 e. The number of pyridine rings is 1. The Bertz CT molecular complexity index is 959. The zero-order valence-electron chi connectivity index (χ0n) is 12.0. The molecule has 0 spiro atoms. The summed E-state index contributed by atoms with van der Waals surface area (Å²) in [4.78, 5) is 16.5. The number of nitrogens with zero attached hydrogens (tertiary/aromatic N) is 3. The van der Waals surface area contributed by atoms with E-state index < -0.39 is 0 Å². The van der Waals surface area contributed by atoms with Gasteiger partial charge in [0.15, 0.2) is 5.65 Å². The fourth-order valence-electron chi connectivity index (χ4n) is 2.35. The highest BCUT2D eigenvalue weighted by Gasteiger charge is 2.12. The highest BCUT2D eigenvalue weighted by Crippen LogP contribution is 2.21. The van der Waals surface area contributed by atoms with Gasteiger partial charge in [-0.3, -0.25) is 10.1 Å². The van der Waals surface area contributed by atoms with Crippen LogP contribution in [-0.4, -0.2) is 20.5 Å². The second-order valence-electron chi connectivity index (χ2n) is 4.95. The van der Waals surface area contributed by atoms with E-state index >= 15 is 0 Å². The van der Waals surface area contributed by atoms with E-state index in [4.69, 9.17) is 4.42 Å². The van der Waals surface area contributed by atoms with Gasteiger partial charge in [0.2, 0.25) is 5.95 Å². The minimum atomic E-state index is -0.244. The fourth-order valence-corrected chi connectivity index (χ4v) is 2.35. The van der Waals surface area contributed by atoms with Gasteiger partial charge in [0.25, 0.3) is 5.91 Å². The molecular weight excluding hydrogens is 292 g/mol. The van der Waals surface area contributed by atoms with Crippen LogP contribution in [0.15, 0.2) is 71.5 Å². The molecule has 1 N–H and O–H groups in total. The predicted molar refractivity (Wildman–Crippen MR) is 85.1 cm³/mol. The Morgan fingerprint density at radius 1 is 1.04 bits per heavy atom. The molecule has 4 aromatic rings. The second-order valence-corrected chi connectivity index (χ2v) is 4.95. The van der Waals surface area contributed by atoms with Crippen LogP contribution in [0.4, 0.5) is 5.95 Å². The maximum atomic E-state index is 12.2. The molecule has 3 heterocycles. The van der Waals surface area contributed by atoms with Crippen molar-refractivity contribution in [1.29, 1.82) is 0 Å². The van der Waals surface area contributed by atoms with Crippen LogP contribution in [0.5, 0.6) is 0 Å². The normalized spacial score (nSPS) is 10.8. The number of carbonyl (C=O) groups is 1. The summed E-state index contributed by atoms with van der Waals surface area (Å²) in [5.41, 5.74) is 2.93. The van der Waals surface area contributed by atoms with Crippen molar-refractivity contribution >= 4 is 17.5 Å². The number of amides is 1. The lowest BCUT2D eigenvalue weighted by atomic mass is 10.2. The Morgan fingerprint density at radius 2 is 1.91 bits per heavy atom. The van der Waals surface area contributed by atoms with Gasteiger partial charge in [0.05, 0.1) is 18.2 Å². The third-order valence-corrected chi connectivity index (χ3v) is 3.44. The first-order valence-electron chi connectivity index (χ1n) is 7.06. The molecule has 0 aliphatic carbocycles. The SMILES string of the molecule is O=C(Nc1nc2cccc(-c3ccoc3)n2n1)c1ccccc1. The third kappa shape index (κ3) is 2.46. The Labute approximate surface area is 131 Å². The molecule has 3 aromatic heterocycles. The molecule has 0 aliphatic heterocycles. The van der Waals surface area contributed by atoms with Crippen molar-refractivity contribution in [2.75, 3.05) is 5.32 Å². The minimum absolute atomic E-state index is 0.244. The zero-order chi connectivity index (χ0) is 15.6. The molecule has 1 aromatic carbocycles. The van der Waals surface area contributed by atoms with Crippen molar-refractivity contribution in [2.24, 2.45) is 0 Å². The molecule has 0 unspecified atom stereocenters. The summed E-state index contributed by atoms with van der Waals surface area (Å²) in [6.45, 7) is 0. The molecule has 1 amide bonds. The van der Waals surface area contributed by atoms with Crippen LogP contribution in [0.25, 0.3) is 16.9 Å². The number of furan rings is 1. The molecule has 0 radical (unpaired) electrons. The summed E-state index contributed by atoms with van der Waals surface area (Å²) in [5, 5.41) is 7.08. The van der Waals surface area contributed by atoms with Crippen molar-refractivity contribution in [3.05, 3.63) is 72.7 Å². The zero-order valence-corrected chi connectivity index (χ0v) is 12.0. The van der Waals surface area contributed by atoms with Crippen molar-refractivity contribution in [3.8, 4) is 11.3 Å². The van der Waals surface area contributed by atoms with Gasteiger partial charge < -0.3 is 4.42 Å². The van der Waals surface area contributed by atoms with Crippen LogP contribution in [0.1, 0.15) is 10.4 Å². The molecule has 23 heavy (non-hydrogen) atoms. The number of carbonyl (C=O) groups excluding carboxylic acids is 1. The Kier molecular flexibility index (Phi) is 3.12. The number of rotatable bonds is 3. The van der Waals surface area contributed by atoms with Crippen LogP contribution in [0.3, 0.4) is 0 Å². The molecule has 0 aliphatic rings. The molecule has 0 atom stereocenters. The van der Waals surface area contributed by atoms with Gasteiger partial charge in [-0.15, -0.1) is 5.10 Å². The smallest absolute Gasteiger partial charge is 0.258 e. The van der Waals surface area contributed by atoms with Crippen LogP contribution in [-0.2, 0) is 0 Å². The number of fused-ring (bicyclic) bond motifs is 1. The van der Waals surface area contributed by atoms with E-state index in [-0.39, 0.29) is 11.9 Å². The molecule has 6 heteroatoms. The highest BCUT2D eigenvalue weighted by molar-refractivity contribution is 6.03. The first kappa shape index (κ1) is 13.3. The lowest BCUT2D eigenvalue weighted by Crippen LogP contribution is -2.12. The highest BCUT2D eigenvalue weighted by atomic mass is 16.3. The van der Waals surface area contributed by atoms with Crippen LogP contribution in [0, 0.1) is 0 Å².